The molecule has 2 aliphatic heterocycles. The van der Waals surface area contributed by atoms with Gasteiger partial charge in [-0.05, 0) is 26.3 Å². The topological polar surface area (TPSA) is 105 Å². The Balaban J connectivity index is 0.00000101. The molecule has 0 bridgehead atoms. The number of alkyl halides is 1. The second-order valence-corrected chi connectivity index (χ2v) is 7.86. The van der Waals surface area contributed by atoms with Crippen LogP contribution in [0.25, 0.3) is 0 Å². The van der Waals surface area contributed by atoms with E-state index in [2.05, 4.69) is 5.10 Å². The highest BCUT2D eigenvalue weighted by Crippen LogP contribution is 2.50. The van der Waals surface area contributed by atoms with Crippen molar-refractivity contribution in [2.24, 2.45) is 5.41 Å². The Morgan fingerprint density at radius 3 is 2.80 bits per heavy atom. The van der Waals surface area contributed by atoms with E-state index in [0.29, 0.717) is 39.2 Å². The molecule has 1 N–H and O–H groups in total. The van der Waals surface area contributed by atoms with Crippen molar-refractivity contribution in [3.05, 3.63) is 18.0 Å². The summed E-state index contributed by atoms with van der Waals surface area (Å²) in [6.07, 6.45) is 2.30. The maximum atomic E-state index is 13.4. The highest BCUT2D eigenvalue weighted by Gasteiger charge is 2.58. The van der Waals surface area contributed by atoms with Crippen molar-refractivity contribution >= 4 is 18.3 Å². The second kappa shape index (κ2) is 10.5. The average molecular weight is 426 g/mol. The third-order valence-corrected chi connectivity index (χ3v) is 5.86. The third kappa shape index (κ3) is 4.63. The van der Waals surface area contributed by atoms with Gasteiger partial charge in [0.05, 0.1) is 25.1 Å². The average Bonchev–Trinajstić information content (AvgIpc) is 3.40. The third-order valence-electron chi connectivity index (χ3n) is 5.86. The molecule has 0 aliphatic carbocycles. The van der Waals surface area contributed by atoms with Crippen molar-refractivity contribution in [3.63, 3.8) is 0 Å². The van der Waals surface area contributed by atoms with Crippen LogP contribution >= 0.6 is 0 Å². The molecule has 2 amide bonds. The summed E-state index contributed by atoms with van der Waals surface area (Å²) in [5.74, 6) is -0.291. The van der Waals surface area contributed by atoms with Gasteiger partial charge in [0.2, 0.25) is 11.8 Å². The first-order valence-electron chi connectivity index (χ1n) is 10.1. The lowest BCUT2D eigenvalue weighted by atomic mass is 9.75. The van der Waals surface area contributed by atoms with Crippen LogP contribution in [0.5, 0.6) is 0 Å². The standard InChI is InChI=1S/C19H29FN4O3.CH2O2/c1-14(2)24-16(5-8-21-24)15-12-23(17(25)4-7-20)13-19(15)6-9-22(18(19)26)10-11-27-3;2-1-3/h5,8,14-15H,4,6-7,9-13H2,1-3H3;1H,(H,2,3). The normalized spacial score (nSPS) is 23.2. The SMILES string of the molecule is COCCN1CCC2(CN(C(=O)CCF)CC2c2ccnn2C(C)C)C1=O.O=CO. The zero-order valence-corrected chi connectivity index (χ0v) is 17.8. The summed E-state index contributed by atoms with van der Waals surface area (Å²) in [6, 6.07) is 2.10. The fourth-order valence-corrected chi connectivity index (χ4v) is 4.49. The number of carbonyl (C=O) groups is 3. The molecule has 2 aliphatic rings. The molecule has 0 aromatic carbocycles. The number of amides is 2. The van der Waals surface area contributed by atoms with E-state index in [1.807, 2.05) is 29.5 Å². The number of rotatable bonds is 7. The smallest absolute Gasteiger partial charge is 0.290 e. The monoisotopic (exact) mass is 426 g/mol. The first-order chi connectivity index (χ1) is 14.4. The van der Waals surface area contributed by atoms with Crippen LogP contribution in [0.1, 0.15) is 44.3 Å². The van der Waals surface area contributed by atoms with Crippen LogP contribution in [0.3, 0.4) is 0 Å². The van der Waals surface area contributed by atoms with Crippen LogP contribution in [-0.2, 0) is 19.1 Å². The molecular formula is C20H31FN4O5. The molecule has 0 saturated carbocycles. The maximum absolute atomic E-state index is 13.4. The van der Waals surface area contributed by atoms with E-state index < -0.39 is 12.1 Å². The number of methoxy groups -OCH3 is 1. The summed E-state index contributed by atoms with van der Waals surface area (Å²) < 4.78 is 19.8. The number of carboxylic acid groups (broad SMARTS) is 1. The van der Waals surface area contributed by atoms with Gasteiger partial charge in [0.15, 0.2) is 0 Å². The zero-order chi connectivity index (χ0) is 22.3. The van der Waals surface area contributed by atoms with Crippen LogP contribution in [0, 0.1) is 5.41 Å². The molecule has 1 aromatic heterocycles. The molecule has 168 valence electrons. The van der Waals surface area contributed by atoms with Crippen molar-refractivity contribution in [3.8, 4) is 0 Å². The molecule has 30 heavy (non-hydrogen) atoms. The number of nitrogens with zero attached hydrogens (tertiary/aromatic N) is 4. The van der Waals surface area contributed by atoms with Crippen molar-refractivity contribution in [2.45, 2.75) is 38.6 Å². The van der Waals surface area contributed by atoms with Crippen LogP contribution in [0.2, 0.25) is 0 Å². The molecule has 2 saturated heterocycles. The Labute approximate surface area is 175 Å². The van der Waals surface area contributed by atoms with Gasteiger partial charge >= 0.3 is 0 Å². The fourth-order valence-electron chi connectivity index (χ4n) is 4.49. The minimum Gasteiger partial charge on any atom is -0.483 e. The molecular weight excluding hydrogens is 395 g/mol. The fraction of sp³-hybridized carbons (Fsp3) is 0.700. The molecule has 3 heterocycles. The lowest BCUT2D eigenvalue weighted by molar-refractivity contribution is -0.137. The van der Waals surface area contributed by atoms with Gasteiger partial charge in [0.25, 0.3) is 6.47 Å². The number of ether oxygens (including phenoxy) is 1. The molecule has 2 fully saturated rings. The Morgan fingerprint density at radius 2 is 2.20 bits per heavy atom. The van der Waals surface area contributed by atoms with Crippen LogP contribution in [0.4, 0.5) is 4.39 Å². The van der Waals surface area contributed by atoms with Gasteiger partial charge in [-0.3, -0.25) is 23.5 Å². The summed E-state index contributed by atoms with van der Waals surface area (Å²) in [7, 11) is 1.62. The summed E-state index contributed by atoms with van der Waals surface area (Å²) in [5, 5.41) is 11.3. The van der Waals surface area contributed by atoms with E-state index in [-0.39, 0.29) is 36.7 Å². The zero-order valence-electron chi connectivity index (χ0n) is 17.8. The summed E-state index contributed by atoms with van der Waals surface area (Å²) in [6.45, 7) is 5.64. The lowest BCUT2D eigenvalue weighted by Crippen LogP contribution is -2.41. The molecule has 10 heteroatoms. The van der Waals surface area contributed by atoms with Crippen molar-refractivity contribution < 1.29 is 28.6 Å². The second-order valence-electron chi connectivity index (χ2n) is 7.86. The minimum atomic E-state index is -0.676. The van der Waals surface area contributed by atoms with Crippen molar-refractivity contribution in [2.75, 3.05) is 46.6 Å². The van der Waals surface area contributed by atoms with Crippen LogP contribution in [0.15, 0.2) is 12.3 Å². The predicted molar refractivity (Wildman–Crippen MR) is 107 cm³/mol. The Morgan fingerprint density at radius 1 is 1.50 bits per heavy atom. The van der Waals surface area contributed by atoms with Crippen LogP contribution < -0.4 is 0 Å². The molecule has 3 rings (SSSR count). The number of hydrogen-bond donors (Lipinski definition) is 1. The molecule has 9 nitrogen and oxygen atoms in total. The van der Waals surface area contributed by atoms with E-state index in [1.54, 1.807) is 18.2 Å². The Hall–Kier alpha value is -2.49. The van der Waals surface area contributed by atoms with E-state index in [4.69, 9.17) is 14.6 Å². The van der Waals surface area contributed by atoms with E-state index in [1.165, 1.54) is 0 Å². The largest absolute Gasteiger partial charge is 0.483 e. The van der Waals surface area contributed by atoms with Gasteiger partial charge in [-0.15, -0.1) is 0 Å². The maximum Gasteiger partial charge on any atom is 0.290 e. The van der Waals surface area contributed by atoms with Gasteiger partial charge < -0.3 is 19.6 Å². The van der Waals surface area contributed by atoms with Crippen LogP contribution in [-0.4, -0.2) is 89.5 Å². The van der Waals surface area contributed by atoms with Gasteiger partial charge in [-0.2, -0.15) is 5.10 Å². The highest BCUT2D eigenvalue weighted by molar-refractivity contribution is 5.88. The van der Waals surface area contributed by atoms with Gasteiger partial charge in [0.1, 0.15) is 0 Å². The lowest BCUT2D eigenvalue weighted by Gasteiger charge is -2.29. The van der Waals surface area contributed by atoms with Gasteiger partial charge in [-0.1, -0.05) is 0 Å². The highest BCUT2D eigenvalue weighted by atomic mass is 19.1. The first kappa shape index (κ1) is 23.8. The van der Waals surface area contributed by atoms with Crippen molar-refractivity contribution in [1.29, 1.82) is 0 Å². The minimum absolute atomic E-state index is 0.0663. The van der Waals surface area contributed by atoms with E-state index in [9.17, 15) is 14.0 Å². The Bertz CT molecular complexity index is 741. The molecule has 1 spiro atoms. The first-order valence-corrected chi connectivity index (χ1v) is 10.1. The van der Waals surface area contributed by atoms with Gasteiger partial charge in [0, 0.05) is 57.1 Å². The quantitative estimate of drug-likeness (QED) is 0.660. The number of carbonyl (C=O) groups excluding carboxylic acids is 2. The van der Waals surface area contributed by atoms with E-state index in [0.717, 1.165) is 5.69 Å². The molecule has 0 radical (unpaired) electrons. The number of likely N-dealkylation sites (tertiary alicyclic amines) is 2. The summed E-state index contributed by atoms with van der Waals surface area (Å²) in [5.41, 5.74) is 0.314. The number of hydrogen-bond acceptors (Lipinski definition) is 5. The van der Waals surface area contributed by atoms with Crippen molar-refractivity contribution in [1.82, 2.24) is 19.6 Å². The predicted octanol–water partition coefficient (Wildman–Crippen LogP) is 1.32. The number of halogens is 1. The summed E-state index contributed by atoms with van der Waals surface area (Å²) >= 11 is 0. The summed E-state index contributed by atoms with van der Waals surface area (Å²) in [4.78, 5) is 37.6. The number of aromatic nitrogens is 2. The van der Waals surface area contributed by atoms with Gasteiger partial charge in [-0.25, -0.2) is 0 Å². The molecule has 1 aromatic rings. The molecule has 2 atom stereocenters. The molecule has 2 unspecified atom stereocenters. The van der Waals surface area contributed by atoms with E-state index >= 15 is 0 Å². The Kier molecular flexibility index (Phi) is 8.33.